The molecule has 0 aliphatic heterocycles. The lowest BCUT2D eigenvalue weighted by Crippen LogP contribution is -2.27. The molecule has 0 spiro atoms. The first-order chi connectivity index (χ1) is 7.76. The Morgan fingerprint density at radius 3 is 2.75 bits per heavy atom. The van der Waals surface area contributed by atoms with Gasteiger partial charge in [-0.1, -0.05) is 6.07 Å². The Morgan fingerprint density at radius 1 is 1.44 bits per heavy atom. The van der Waals surface area contributed by atoms with Gasteiger partial charge in [0.25, 0.3) is 0 Å². The summed E-state index contributed by atoms with van der Waals surface area (Å²) in [5.74, 6) is 0.614. The minimum Gasteiger partial charge on any atom is -0.371 e. The lowest BCUT2D eigenvalue weighted by molar-refractivity contribution is 0.607. The average molecular weight is 222 g/mol. The van der Waals surface area contributed by atoms with Crippen molar-refractivity contribution in [1.29, 1.82) is 0 Å². The van der Waals surface area contributed by atoms with E-state index in [1.807, 2.05) is 6.07 Å². The number of anilines is 1. The number of rotatable bonds is 5. The van der Waals surface area contributed by atoms with Crippen molar-refractivity contribution in [3.63, 3.8) is 0 Å². The summed E-state index contributed by atoms with van der Waals surface area (Å²) >= 11 is 0. The minimum atomic E-state index is -0.186. The summed E-state index contributed by atoms with van der Waals surface area (Å²) in [5, 5.41) is 0. The van der Waals surface area contributed by atoms with Gasteiger partial charge in [-0.3, -0.25) is 0 Å². The monoisotopic (exact) mass is 222 g/mol. The third kappa shape index (κ3) is 2.35. The molecule has 1 aliphatic rings. The molecule has 1 fully saturated rings. The number of halogens is 1. The average Bonchev–Trinajstić information content (AvgIpc) is 3.09. The molecule has 2 N–H and O–H groups in total. The van der Waals surface area contributed by atoms with Crippen molar-refractivity contribution < 1.29 is 4.39 Å². The molecule has 0 heterocycles. The second-order valence-electron chi connectivity index (χ2n) is 4.42. The molecule has 0 radical (unpaired) electrons. The van der Waals surface area contributed by atoms with E-state index < -0.39 is 0 Å². The molecule has 2 nitrogen and oxygen atoms in total. The zero-order valence-corrected chi connectivity index (χ0v) is 9.75. The van der Waals surface area contributed by atoms with E-state index in [0.29, 0.717) is 5.56 Å². The molecule has 0 amide bonds. The van der Waals surface area contributed by atoms with Crippen molar-refractivity contribution in [2.75, 3.05) is 18.0 Å². The van der Waals surface area contributed by atoms with Crippen LogP contribution in [0.3, 0.4) is 0 Å². The normalized spacial score (nSPS) is 15.2. The van der Waals surface area contributed by atoms with Crippen LogP contribution in [0.15, 0.2) is 18.2 Å². The molecule has 1 aromatic rings. The summed E-state index contributed by atoms with van der Waals surface area (Å²) in [6, 6.07) is 5.22. The van der Waals surface area contributed by atoms with Crippen LogP contribution in [0.1, 0.15) is 25.3 Å². The van der Waals surface area contributed by atoms with Crippen LogP contribution >= 0.6 is 0 Å². The van der Waals surface area contributed by atoms with Gasteiger partial charge < -0.3 is 10.6 Å². The summed E-state index contributed by atoms with van der Waals surface area (Å²) in [6.45, 7) is 4.32. The molecule has 1 aromatic carbocycles. The van der Waals surface area contributed by atoms with E-state index in [-0.39, 0.29) is 12.4 Å². The SMILES string of the molecule is CCN(CC1CC1)c1cccc(F)c1CN. The number of hydrogen-bond acceptors (Lipinski definition) is 2. The third-order valence-corrected chi connectivity index (χ3v) is 3.20. The Bertz CT molecular complexity index is 361. The van der Waals surface area contributed by atoms with E-state index in [9.17, 15) is 4.39 Å². The van der Waals surface area contributed by atoms with Crippen molar-refractivity contribution in [3.05, 3.63) is 29.6 Å². The molecule has 1 saturated carbocycles. The van der Waals surface area contributed by atoms with E-state index in [0.717, 1.165) is 24.7 Å². The standard InChI is InChI=1S/C13H19FN2/c1-2-16(9-10-6-7-10)13-5-3-4-12(14)11(13)8-15/h3-5,10H,2,6-9,15H2,1H3. The first-order valence-corrected chi connectivity index (χ1v) is 5.98. The maximum Gasteiger partial charge on any atom is 0.129 e. The molecule has 16 heavy (non-hydrogen) atoms. The van der Waals surface area contributed by atoms with E-state index in [1.54, 1.807) is 6.07 Å². The fraction of sp³-hybridized carbons (Fsp3) is 0.538. The molecule has 2 rings (SSSR count). The Labute approximate surface area is 96.2 Å². The Balaban J connectivity index is 2.24. The van der Waals surface area contributed by atoms with Gasteiger partial charge in [-0.25, -0.2) is 4.39 Å². The first kappa shape index (κ1) is 11.4. The van der Waals surface area contributed by atoms with Crippen LogP contribution in [0.2, 0.25) is 0 Å². The van der Waals surface area contributed by atoms with Gasteiger partial charge in [0, 0.05) is 30.9 Å². The molecule has 3 heteroatoms. The number of nitrogens with zero attached hydrogens (tertiary/aromatic N) is 1. The maximum atomic E-state index is 13.6. The third-order valence-electron chi connectivity index (χ3n) is 3.20. The highest BCUT2D eigenvalue weighted by molar-refractivity contribution is 5.54. The Kier molecular flexibility index (Phi) is 3.44. The zero-order chi connectivity index (χ0) is 11.5. The number of nitrogens with two attached hydrogens (primary N) is 1. The van der Waals surface area contributed by atoms with E-state index in [1.165, 1.54) is 18.9 Å². The van der Waals surface area contributed by atoms with Crippen LogP contribution in [-0.2, 0) is 6.54 Å². The van der Waals surface area contributed by atoms with Gasteiger partial charge in [0.05, 0.1) is 0 Å². The van der Waals surface area contributed by atoms with Crippen LogP contribution in [0.5, 0.6) is 0 Å². The molecule has 0 aromatic heterocycles. The van der Waals surface area contributed by atoms with Crippen LogP contribution in [0.25, 0.3) is 0 Å². The topological polar surface area (TPSA) is 29.3 Å². The van der Waals surface area contributed by atoms with Gasteiger partial charge in [0.1, 0.15) is 5.82 Å². The van der Waals surface area contributed by atoms with Gasteiger partial charge in [0.15, 0.2) is 0 Å². The lowest BCUT2D eigenvalue weighted by Gasteiger charge is -2.25. The maximum absolute atomic E-state index is 13.6. The molecule has 0 atom stereocenters. The number of hydrogen-bond donors (Lipinski definition) is 1. The zero-order valence-electron chi connectivity index (χ0n) is 9.75. The van der Waals surface area contributed by atoms with Crippen molar-refractivity contribution >= 4 is 5.69 Å². The van der Waals surface area contributed by atoms with Crippen LogP contribution in [0.4, 0.5) is 10.1 Å². The van der Waals surface area contributed by atoms with Gasteiger partial charge in [0.2, 0.25) is 0 Å². The molecule has 0 bridgehead atoms. The van der Waals surface area contributed by atoms with Crippen molar-refractivity contribution in [3.8, 4) is 0 Å². The van der Waals surface area contributed by atoms with E-state index in [2.05, 4.69) is 11.8 Å². The highest BCUT2D eigenvalue weighted by atomic mass is 19.1. The first-order valence-electron chi connectivity index (χ1n) is 5.98. The quantitative estimate of drug-likeness (QED) is 0.829. The summed E-state index contributed by atoms with van der Waals surface area (Å²) < 4.78 is 13.6. The Hall–Kier alpha value is -1.09. The summed E-state index contributed by atoms with van der Waals surface area (Å²) in [4.78, 5) is 2.24. The molecule has 0 unspecified atom stereocenters. The second-order valence-corrected chi connectivity index (χ2v) is 4.42. The lowest BCUT2D eigenvalue weighted by atomic mass is 10.1. The predicted molar refractivity (Wildman–Crippen MR) is 64.9 cm³/mol. The fourth-order valence-corrected chi connectivity index (χ4v) is 2.06. The highest BCUT2D eigenvalue weighted by Crippen LogP contribution is 2.32. The van der Waals surface area contributed by atoms with Gasteiger partial charge in [-0.15, -0.1) is 0 Å². The molecule has 88 valence electrons. The van der Waals surface area contributed by atoms with Crippen molar-refractivity contribution in [1.82, 2.24) is 0 Å². The van der Waals surface area contributed by atoms with Crippen molar-refractivity contribution in [2.24, 2.45) is 11.7 Å². The highest BCUT2D eigenvalue weighted by Gasteiger charge is 2.25. The van der Waals surface area contributed by atoms with E-state index >= 15 is 0 Å². The predicted octanol–water partition coefficient (Wildman–Crippen LogP) is 2.52. The van der Waals surface area contributed by atoms with Crippen LogP contribution in [0, 0.1) is 11.7 Å². The fourth-order valence-electron chi connectivity index (χ4n) is 2.06. The molecule has 0 saturated heterocycles. The summed E-state index contributed by atoms with van der Waals surface area (Å²) in [6.07, 6.45) is 2.62. The van der Waals surface area contributed by atoms with Crippen LogP contribution < -0.4 is 10.6 Å². The van der Waals surface area contributed by atoms with E-state index in [4.69, 9.17) is 5.73 Å². The van der Waals surface area contributed by atoms with Gasteiger partial charge in [-0.05, 0) is 37.8 Å². The largest absolute Gasteiger partial charge is 0.371 e. The summed E-state index contributed by atoms with van der Waals surface area (Å²) in [7, 11) is 0. The molecule has 1 aliphatic carbocycles. The van der Waals surface area contributed by atoms with Crippen LogP contribution in [-0.4, -0.2) is 13.1 Å². The van der Waals surface area contributed by atoms with Gasteiger partial charge >= 0.3 is 0 Å². The Morgan fingerprint density at radius 2 is 2.19 bits per heavy atom. The smallest absolute Gasteiger partial charge is 0.129 e. The molecular weight excluding hydrogens is 203 g/mol. The van der Waals surface area contributed by atoms with Crippen molar-refractivity contribution in [2.45, 2.75) is 26.3 Å². The second kappa shape index (κ2) is 4.83. The number of benzene rings is 1. The van der Waals surface area contributed by atoms with Gasteiger partial charge in [-0.2, -0.15) is 0 Å². The minimum absolute atomic E-state index is 0.186. The summed E-state index contributed by atoms with van der Waals surface area (Å²) in [5.41, 5.74) is 7.24. The molecular formula is C13H19FN2.